The lowest BCUT2D eigenvalue weighted by Crippen LogP contribution is -2.13. The van der Waals surface area contributed by atoms with E-state index < -0.39 is 11.7 Å². The van der Waals surface area contributed by atoms with Gasteiger partial charge < -0.3 is 10.6 Å². The third kappa shape index (κ3) is 4.05. The topological polar surface area (TPSA) is 66.9 Å². The maximum absolute atomic E-state index is 13.1. The third-order valence-electron chi connectivity index (χ3n) is 3.10. The molecule has 0 aliphatic heterocycles. The minimum absolute atomic E-state index is 0.265. The van der Waals surface area contributed by atoms with Crippen LogP contribution in [-0.2, 0) is 0 Å². The van der Waals surface area contributed by atoms with E-state index >= 15 is 0 Å². The summed E-state index contributed by atoms with van der Waals surface area (Å²) in [5.41, 5.74) is 1.40. The third-order valence-corrected chi connectivity index (χ3v) is 3.35. The molecule has 0 radical (unpaired) electrons. The zero-order chi connectivity index (χ0) is 16.9. The number of anilines is 3. The van der Waals surface area contributed by atoms with Crippen LogP contribution >= 0.6 is 11.6 Å². The largest absolute Gasteiger partial charge is 0.324 e. The fraction of sp³-hybridized carbons (Fsp3) is 0. The molecule has 5 nitrogen and oxygen atoms in total. The smallest absolute Gasteiger partial charge is 0.258 e. The second-order valence-electron chi connectivity index (χ2n) is 4.89. The van der Waals surface area contributed by atoms with Gasteiger partial charge in [0.1, 0.15) is 5.82 Å². The van der Waals surface area contributed by atoms with E-state index in [2.05, 4.69) is 20.6 Å². The molecular weight excluding hydrogens is 331 g/mol. The van der Waals surface area contributed by atoms with Gasteiger partial charge in [0, 0.05) is 28.8 Å². The summed E-state index contributed by atoms with van der Waals surface area (Å²) in [7, 11) is 0. The van der Waals surface area contributed by atoms with Gasteiger partial charge >= 0.3 is 0 Å². The minimum atomic E-state index is -0.424. The van der Waals surface area contributed by atoms with E-state index in [1.54, 1.807) is 30.3 Å². The van der Waals surface area contributed by atoms with E-state index in [1.165, 1.54) is 30.6 Å². The van der Waals surface area contributed by atoms with Crippen molar-refractivity contribution in [3.8, 4) is 0 Å². The molecule has 3 rings (SSSR count). The summed E-state index contributed by atoms with van der Waals surface area (Å²) in [5, 5.41) is 6.20. The SMILES string of the molecule is O=C(Nc1cccc(F)c1)c1cnc(Nc2ccc(Cl)cc2)nc1. The number of nitrogens with one attached hydrogen (secondary N) is 2. The first-order valence-corrected chi connectivity index (χ1v) is 7.39. The molecule has 0 saturated heterocycles. The van der Waals surface area contributed by atoms with Gasteiger partial charge in [0.05, 0.1) is 5.56 Å². The van der Waals surface area contributed by atoms with Gasteiger partial charge in [-0.15, -0.1) is 0 Å². The average molecular weight is 343 g/mol. The highest BCUT2D eigenvalue weighted by Gasteiger charge is 2.08. The Bertz CT molecular complexity index is 853. The number of carbonyl (C=O) groups is 1. The zero-order valence-corrected chi connectivity index (χ0v) is 13.1. The van der Waals surface area contributed by atoms with E-state index in [-0.39, 0.29) is 5.56 Å². The molecule has 2 N–H and O–H groups in total. The van der Waals surface area contributed by atoms with Crippen LogP contribution in [0.5, 0.6) is 0 Å². The van der Waals surface area contributed by atoms with Crippen LogP contribution in [0.15, 0.2) is 60.9 Å². The molecule has 0 spiro atoms. The molecule has 1 aromatic heterocycles. The van der Waals surface area contributed by atoms with E-state index in [0.717, 1.165) is 5.69 Å². The molecule has 0 unspecified atom stereocenters. The summed E-state index contributed by atoms with van der Waals surface area (Å²) in [4.78, 5) is 20.3. The molecule has 1 amide bonds. The molecule has 0 saturated carbocycles. The fourth-order valence-electron chi connectivity index (χ4n) is 1.94. The minimum Gasteiger partial charge on any atom is -0.324 e. The number of halogens is 2. The Hall–Kier alpha value is -2.99. The van der Waals surface area contributed by atoms with Crippen molar-refractivity contribution in [1.29, 1.82) is 0 Å². The second kappa shape index (κ2) is 7.06. The Morgan fingerprint density at radius 2 is 1.71 bits per heavy atom. The summed E-state index contributed by atoms with van der Waals surface area (Å²) in [6, 6.07) is 12.7. The quantitative estimate of drug-likeness (QED) is 0.743. The Morgan fingerprint density at radius 3 is 2.38 bits per heavy atom. The molecular formula is C17H12ClFN4O. The van der Waals surface area contributed by atoms with Crippen LogP contribution in [0, 0.1) is 5.82 Å². The van der Waals surface area contributed by atoms with Gasteiger partial charge in [0.25, 0.3) is 5.91 Å². The zero-order valence-electron chi connectivity index (χ0n) is 12.3. The first-order chi connectivity index (χ1) is 11.6. The normalized spacial score (nSPS) is 10.2. The van der Waals surface area contributed by atoms with Crippen LogP contribution in [0.3, 0.4) is 0 Å². The number of carbonyl (C=O) groups excluding carboxylic acids is 1. The lowest BCUT2D eigenvalue weighted by Gasteiger charge is -2.07. The Morgan fingerprint density at radius 1 is 1.00 bits per heavy atom. The van der Waals surface area contributed by atoms with E-state index in [1.807, 2.05) is 0 Å². The van der Waals surface area contributed by atoms with Crippen molar-refractivity contribution in [2.75, 3.05) is 10.6 Å². The lowest BCUT2D eigenvalue weighted by molar-refractivity contribution is 0.102. The van der Waals surface area contributed by atoms with Crippen molar-refractivity contribution in [3.05, 3.63) is 77.3 Å². The predicted molar refractivity (Wildman–Crippen MR) is 91.1 cm³/mol. The van der Waals surface area contributed by atoms with Crippen LogP contribution < -0.4 is 10.6 Å². The maximum Gasteiger partial charge on any atom is 0.258 e. The summed E-state index contributed by atoms with van der Waals surface area (Å²) >= 11 is 5.82. The Balaban J connectivity index is 1.67. The van der Waals surface area contributed by atoms with Crippen molar-refractivity contribution < 1.29 is 9.18 Å². The Labute approximate surface area is 142 Å². The van der Waals surface area contributed by atoms with Crippen LogP contribution in [0.25, 0.3) is 0 Å². The number of amides is 1. The average Bonchev–Trinajstić information content (AvgIpc) is 2.57. The van der Waals surface area contributed by atoms with Crippen molar-refractivity contribution >= 4 is 34.8 Å². The molecule has 0 bridgehead atoms. The monoisotopic (exact) mass is 342 g/mol. The van der Waals surface area contributed by atoms with E-state index in [9.17, 15) is 9.18 Å². The highest BCUT2D eigenvalue weighted by molar-refractivity contribution is 6.30. The Kier molecular flexibility index (Phi) is 4.67. The van der Waals surface area contributed by atoms with Gasteiger partial charge in [0.15, 0.2) is 0 Å². The molecule has 1 heterocycles. The van der Waals surface area contributed by atoms with Crippen molar-refractivity contribution in [2.24, 2.45) is 0 Å². The molecule has 2 aromatic carbocycles. The number of rotatable bonds is 4. The highest BCUT2D eigenvalue weighted by atomic mass is 35.5. The molecule has 3 aromatic rings. The highest BCUT2D eigenvalue weighted by Crippen LogP contribution is 2.16. The molecule has 0 aliphatic rings. The van der Waals surface area contributed by atoms with Gasteiger partial charge in [-0.1, -0.05) is 17.7 Å². The first kappa shape index (κ1) is 15.9. The van der Waals surface area contributed by atoms with Crippen molar-refractivity contribution in [2.45, 2.75) is 0 Å². The summed E-state index contributed by atoms with van der Waals surface area (Å²) in [6.45, 7) is 0. The van der Waals surface area contributed by atoms with Crippen LogP contribution in [0.1, 0.15) is 10.4 Å². The first-order valence-electron chi connectivity index (χ1n) is 7.02. The maximum atomic E-state index is 13.1. The number of benzene rings is 2. The van der Waals surface area contributed by atoms with Gasteiger partial charge in [-0.25, -0.2) is 14.4 Å². The fourth-order valence-corrected chi connectivity index (χ4v) is 2.07. The van der Waals surface area contributed by atoms with Gasteiger partial charge in [-0.2, -0.15) is 0 Å². The van der Waals surface area contributed by atoms with Gasteiger partial charge in [0.2, 0.25) is 5.95 Å². The van der Waals surface area contributed by atoms with E-state index in [4.69, 9.17) is 11.6 Å². The molecule has 7 heteroatoms. The van der Waals surface area contributed by atoms with E-state index in [0.29, 0.717) is 16.7 Å². The molecule has 24 heavy (non-hydrogen) atoms. The number of hydrogen-bond acceptors (Lipinski definition) is 4. The van der Waals surface area contributed by atoms with Crippen LogP contribution in [0.2, 0.25) is 5.02 Å². The number of hydrogen-bond donors (Lipinski definition) is 2. The predicted octanol–water partition coefficient (Wildman–Crippen LogP) is 4.27. The lowest BCUT2D eigenvalue weighted by atomic mass is 10.2. The molecule has 0 aliphatic carbocycles. The standard InChI is InChI=1S/C17H12ClFN4O/c18-12-4-6-14(7-5-12)23-17-20-9-11(10-21-17)16(24)22-15-3-1-2-13(19)8-15/h1-10H,(H,22,24)(H,20,21,23). The molecule has 120 valence electrons. The van der Waals surface area contributed by atoms with Gasteiger partial charge in [-0.3, -0.25) is 4.79 Å². The molecule has 0 atom stereocenters. The summed E-state index contributed by atoms with van der Waals surface area (Å²) in [5.74, 6) is -0.496. The molecule has 0 fully saturated rings. The summed E-state index contributed by atoms with van der Waals surface area (Å²) in [6.07, 6.45) is 2.78. The van der Waals surface area contributed by atoms with Crippen molar-refractivity contribution in [3.63, 3.8) is 0 Å². The number of nitrogens with zero attached hydrogens (tertiary/aromatic N) is 2. The summed E-state index contributed by atoms with van der Waals surface area (Å²) < 4.78 is 13.1. The second-order valence-corrected chi connectivity index (χ2v) is 5.33. The van der Waals surface area contributed by atoms with Gasteiger partial charge in [-0.05, 0) is 42.5 Å². The number of aromatic nitrogens is 2. The van der Waals surface area contributed by atoms with Crippen molar-refractivity contribution in [1.82, 2.24) is 9.97 Å². The van der Waals surface area contributed by atoms with Crippen LogP contribution in [-0.4, -0.2) is 15.9 Å². The van der Waals surface area contributed by atoms with Crippen LogP contribution in [0.4, 0.5) is 21.7 Å².